The van der Waals surface area contributed by atoms with Crippen molar-refractivity contribution in [1.29, 1.82) is 0 Å². The lowest BCUT2D eigenvalue weighted by atomic mass is 9.77. The largest absolute Gasteiger partial charge is 0.489 e. The zero-order valence-electron chi connectivity index (χ0n) is 26.5. The van der Waals surface area contributed by atoms with Crippen LogP contribution in [0.4, 0.5) is 0 Å². The number of fused-ring (bicyclic) bond motifs is 7. The Morgan fingerprint density at radius 2 is 1.61 bits per heavy atom. The van der Waals surface area contributed by atoms with Gasteiger partial charge in [-0.2, -0.15) is 0 Å². The summed E-state index contributed by atoms with van der Waals surface area (Å²) < 4.78 is 23.9. The Morgan fingerprint density at radius 3 is 2.29 bits per heavy atom. The van der Waals surface area contributed by atoms with Gasteiger partial charge in [0.15, 0.2) is 18.2 Å². The third-order valence-electron chi connectivity index (χ3n) is 9.24. The second kappa shape index (κ2) is 12.6. The highest BCUT2D eigenvalue weighted by atomic mass is 32.2. The van der Waals surface area contributed by atoms with Crippen LogP contribution in [-0.4, -0.2) is 69.3 Å². The molecule has 0 radical (unpaired) electrons. The number of amides is 1. The summed E-state index contributed by atoms with van der Waals surface area (Å²) in [6, 6.07) is 19.2. The monoisotopic (exact) mass is 725 g/mol. The average molecular weight is 726 g/mol. The number of thiophene rings is 1. The van der Waals surface area contributed by atoms with Gasteiger partial charge in [0, 0.05) is 52.1 Å². The summed E-state index contributed by atoms with van der Waals surface area (Å²) in [4.78, 5) is 64.9. The van der Waals surface area contributed by atoms with Crippen molar-refractivity contribution in [1.82, 2.24) is 4.90 Å². The summed E-state index contributed by atoms with van der Waals surface area (Å²) in [5, 5.41) is 22.4. The predicted octanol–water partition coefficient (Wildman–Crippen LogP) is 5.23. The van der Waals surface area contributed by atoms with Crippen molar-refractivity contribution in [3.8, 4) is 23.0 Å². The van der Waals surface area contributed by atoms with E-state index in [2.05, 4.69) is 0 Å². The lowest BCUT2D eigenvalue weighted by molar-refractivity contribution is -0.163. The molecule has 8 rings (SSSR count). The minimum absolute atomic E-state index is 0.0453. The first kappa shape index (κ1) is 32.6. The van der Waals surface area contributed by atoms with Gasteiger partial charge >= 0.3 is 17.9 Å². The standard InChI is InChI=1S/C37H27NO11S2/c39-20(12-23-4-3-11-50-23)13-25-33(42)38-32(35(43)44)19(18-51-34(25)38)16-46-21-7-9-27-29(14-21)48-30-15-22(47-17-31(40)41)8-10-28(30)37(27)26-6-2-1-5-24(26)36(45)49-37/h1-11,14-15,18,25,32,34H,12-13,16-17H2,(H,40,41)(H,43,44). The summed E-state index contributed by atoms with van der Waals surface area (Å²) in [5.41, 5.74) is 0.995. The highest BCUT2D eigenvalue weighted by Gasteiger charge is 2.56. The molecule has 51 heavy (non-hydrogen) atoms. The lowest BCUT2D eigenvalue weighted by Gasteiger charge is -2.51. The molecule has 0 bridgehead atoms. The normalized spacial score (nSPS) is 22.3. The van der Waals surface area contributed by atoms with Crippen molar-refractivity contribution in [2.45, 2.75) is 29.9 Å². The number of esters is 1. The lowest BCUT2D eigenvalue weighted by Crippen LogP contribution is -2.66. The van der Waals surface area contributed by atoms with Gasteiger partial charge in [-0.3, -0.25) is 9.59 Å². The Bertz CT molecular complexity index is 2160. The smallest absolute Gasteiger partial charge is 0.341 e. The van der Waals surface area contributed by atoms with Crippen molar-refractivity contribution in [2.24, 2.45) is 5.92 Å². The number of aliphatic carboxylic acids is 2. The number of hydrogen-bond acceptors (Lipinski definition) is 11. The van der Waals surface area contributed by atoms with Crippen LogP contribution in [-0.2, 0) is 35.9 Å². The molecule has 4 aromatic rings. The molecule has 0 saturated carbocycles. The number of ketones is 1. The number of carboxylic acid groups (broad SMARTS) is 2. The number of thioether (sulfide) groups is 1. The van der Waals surface area contributed by atoms with Gasteiger partial charge in [-0.1, -0.05) is 24.3 Å². The summed E-state index contributed by atoms with van der Waals surface area (Å²) in [7, 11) is 0. The van der Waals surface area contributed by atoms with Crippen molar-refractivity contribution < 1.29 is 53.1 Å². The Labute approximate surface area is 298 Å². The number of carbonyl (C=O) groups excluding carboxylic acids is 3. The Balaban J connectivity index is 1.05. The molecule has 3 aromatic carbocycles. The molecule has 1 spiro atoms. The zero-order valence-corrected chi connectivity index (χ0v) is 28.1. The van der Waals surface area contributed by atoms with E-state index in [9.17, 15) is 29.1 Å². The van der Waals surface area contributed by atoms with Crippen molar-refractivity contribution >= 4 is 52.7 Å². The molecule has 1 amide bonds. The van der Waals surface area contributed by atoms with E-state index in [4.69, 9.17) is 24.1 Å². The summed E-state index contributed by atoms with van der Waals surface area (Å²) >= 11 is 2.77. The molecule has 4 aliphatic rings. The molecule has 4 unspecified atom stereocenters. The molecule has 4 atom stereocenters. The van der Waals surface area contributed by atoms with Gasteiger partial charge in [0.05, 0.1) is 16.9 Å². The number of Topliss-reactive ketones (excluding diaryl/α,β-unsaturated/α-hetero) is 1. The Morgan fingerprint density at radius 1 is 0.882 bits per heavy atom. The maximum Gasteiger partial charge on any atom is 0.341 e. The topological polar surface area (TPSA) is 166 Å². The van der Waals surface area contributed by atoms with Gasteiger partial charge in [0.1, 0.15) is 35.4 Å². The van der Waals surface area contributed by atoms with E-state index >= 15 is 0 Å². The van der Waals surface area contributed by atoms with Gasteiger partial charge in [-0.25, -0.2) is 14.4 Å². The van der Waals surface area contributed by atoms with Crippen LogP contribution < -0.4 is 14.2 Å². The molecule has 14 heteroatoms. The van der Waals surface area contributed by atoms with Gasteiger partial charge in [-0.15, -0.1) is 23.1 Å². The first-order chi connectivity index (χ1) is 24.6. The maximum atomic E-state index is 13.2. The molecule has 1 aromatic heterocycles. The number of β-lactam (4-membered cyclic amide) rings is 1. The number of carbonyl (C=O) groups is 5. The molecule has 2 N–H and O–H groups in total. The molecular weight excluding hydrogens is 699 g/mol. The van der Waals surface area contributed by atoms with E-state index in [0.29, 0.717) is 33.6 Å². The molecule has 258 valence electrons. The second-order valence-electron chi connectivity index (χ2n) is 12.3. The Hall–Kier alpha value is -5.60. The second-order valence-corrected chi connectivity index (χ2v) is 14.3. The highest BCUT2D eigenvalue weighted by molar-refractivity contribution is 8.02. The van der Waals surface area contributed by atoms with Gasteiger partial charge < -0.3 is 34.1 Å². The van der Waals surface area contributed by atoms with Crippen LogP contribution in [0.1, 0.15) is 38.3 Å². The fourth-order valence-electron chi connectivity index (χ4n) is 7.02. The molecule has 0 aliphatic carbocycles. The summed E-state index contributed by atoms with van der Waals surface area (Å²) in [5.74, 6) is -2.82. The van der Waals surface area contributed by atoms with Gasteiger partial charge in [0.2, 0.25) is 5.91 Å². The van der Waals surface area contributed by atoms with Gasteiger partial charge in [0.25, 0.3) is 0 Å². The number of ether oxygens (including phenoxy) is 4. The first-order valence-electron chi connectivity index (χ1n) is 15.8. The van der Waals surface area contributed by atoms with Crippen LogP contribution in [0.15, 0.2) is 89.2 Å². The van der Waals surface area contributed by atoms with E-state index in [1.807, 2.05) is 17.5 Å². The number of carboxylic acids is 2. The van der Waals surface area contributed by atoms with Crippen molar-refractivity contribution in [3.63, 3.8) is 0 Å². The molecule has 4 aliphatic heterocycles. The summed E-state index contributed by atoms with van der Waals surface area (Å²) in [6.45, 7) is -0.728. The van der Waals surface area contributed by atoms with Crippen molar-refractivity contribution in [3.05, 3.63) is 116 Å². The van der Waals surface area contributed by atoms with Crippen LogP contribution in [0.2, 0.25) is 0 Å². The fourth-order valence-corrected chi connectivity index (χ4v) is 9.02. The van der Waals surface area contributed by atoms with E-state index in [1.165, 1.54) is 34.1 Å². The molecule has 1 fully saturated rings. The minimum atomic E-state index is -1.38. The van der Waals surface area contributed by atoms with Crippen LogP contribution >= 0.6 is 23.1 Å². The third kappa shape index (κ3) is 5.51. The van der Waals surface area contributed by atoms with Crippen LogP contribution in [0.5, 0.6) is 23.0 Å². The molecule has 12 nitrogen and oxygen atoms in total. The predicted molar refractivity (Wildman–Crippen MR) is 182 cm³/mol. The van der Waals surface area contributed by atoms with E-state index < -0.39 is 47.4 Å². The van der Waals surface area contributed by atoms with Gasteiger partial charge in [-0.05, 0) is 47.2 Å². The van der Waals surface area contributed by atoms with Crippen LogP contribution in [0.25, 0.3) is 0 Å². The molecule has 5 heterocycles. The van der Waals surface area contributed by atoms with E-state index in [-0.39, 0.29) is 48.4 Å². The SMILES string of the molecule is O=C(O)COc1ccc2c(c1)Oc1cc(OCC3=CSC4C(CC(=O)Cc5cccs5)C(=O)N4C3C(=O)O)ccc1C21OC(=O)c2ccccc21. The van der Waals surface area contributed by atoms with Crippen LogP contribution in [0, 0.1) is 5.92 Å². The third-order valence-corrected chi connectivity index (χ3v) is 11.4. The van der Waals surface area contributed by atoms with Crippen LogP contribution in [0.3, 0.4) is 0 Å². The maximum absolute atomic E-state index is 13.2. The first-order valence-corrected chi connectivity index (χ1v) is 17.7. The van der Waals surface area contributed by atoms with E-state index in [0.717, 1.165) is 4.88 Å². The quantitative estimate of drug-likeness (QED) is 0.153. The fraction of sp³-hybridized carbons (Fsp3) is 0.216. The average Bonchev–Trinajstić information content (AvgIpc) is 3.74. The Kier molecular flexibility index (Phi) is 8.07. The number of hydrogen-bond donors (Lipinski definition) is 2. The minimum Gasteiger partial charge on any atom is -0.489 e. The number of nitrogens with zero attached hydrogens (tertiary/aromatic N) is 1. The summed E-state index contributed by atoms with van der Waals surface area (Å²) in [6.07, 6.45) is 0.283. The number of rotatable bonds is 11. The molecule has 1 saturated heterocycles. The highest BCUT2D eigenvalue weighted by Crippen LogP contribution is 2.57. The van der Waals surface area contributed by atoms with Crippen molar-refractivity contribution in [2.75, 3.05) is 13.2 Å². The number of benzene rings is 3. The zero-order chi connectivity index (χ0) is 35.4. The molecular formula is C37H27NO11S2. The van der Waals surface area contributed by atoms with E-state index in [1.54, 1.807) is 60.0 Å².